The largest absolute Gasteiger partial charge is 0.483 e. The van der Waals surface area contributed by atoms with Gasteiger partial charge in [0.05, 0.1) is 29.2 Å². The molecular weight excluding hydrogens is 368 g/mol. The van der Waals surface area contributed by atoms with Crippen molar-refractivity contribution in [3.8, 4) is 5.75 Å². The van der Waals surface area contributed by atoms with Gasteiger partial charge in [-0.15, -0.1) is 0 Å². The van der Waals surface area contributed by atoms with E-state index in [1.165, 1.54) is 0 Å². The predicted octanol–water partition coefficient (Wildman–Crippen LogP) is 3.42. The zero-order valence-corrected chi connectivity index (χ0v) is 16.5. The Balaban J connectivity index is 1.39. The second-order valence-electron chi connectivity index (χ2n) is 6.91. The molecule has 0 aliphatic heterocycles. The van der Waals surface area contributed by atoms with Crippen molar-refractivity contribution in [3.63, 3.8) is 0 Å². The van der Waals surface area contributed by atoms with Crippen molar-refractivity contribution in [1.29, 1.82) is 0 Å². The molecule has 4 aromatic rings. The summed E-state index contributed by atoms with van der Waals surface area (Å²) in [5, 5.41) is 3.90. The predicted molar refractivity (Wildman–Crippen MR) is 112 cm³/mol. The van der Waals surface area contributed by atoms with Gasteiger partial charge in [0.2, 0.25) is 0 Å². The first-order chi connectivity index (χ1) is 14.2. The molecule has 0 saturated carbocycles. The molecule has 2 N–H and O–H groups in total. The van der Waals surface area contributed by atoms with Gasteiger partial charge in [-0.2, -0.15) is 0 Å². The molecule has 2 aromatic carbocycles. The number of benzene rings is 2. The number of aromatic amines is 1. The molecule has 1 atom stereocenters. The van der Waals surface area contributed by atoms with Gasteiger partial charge in [0.25, 0.3) is 5.91 Å². The topological polar surface area (TPSA) is 81.2 Å². The molecule has 0 bridgehead atoms. The van der Waals surface area contributed by atoms with Crippen LogP contribution < -0.4 is 10.1 Å². The van der Waals surface area contributed by atoms with E-state index in [-0.39, 0.29) is 18.6 Å². The van der Waals surface area contributed by atoms with Crippen LogP contribution in [-0.2, 0) is 16.1 Å². The van der Waals surface area contributed by atoms with E-state index in [1.54, 1.807) is 7.11 Å². The molecule has 29 heavy (non-hydrogen) atoms. The number of carbonyl (C=O) groups excluding carboxylic acids is 1. The average molecular weight is 392 g/mol. The van der Waals surface area contributed by atoms with Crippen molar-refractivity contribution in [2.75, 3.05) is 20.3 Å². The maximum atomic E-state index is 12.4. The monoisotopic (exact) mass is 392 g/mol. The van der Waals surface area contributed by atoms with Crippen LogP contribution >= 0.6 is 0 Å². The number of ether oxygens (including phenoxy) is 2. The van der Waals surface area contributed by atoms with Gasteiger partial charge < -0.3 is 24.3 Å². The third-order valence-corrected chi connectivity index (χ3v) is 4.86. The summed E-state index contributed by atoms with van der Waals surface area (Å²) in [7, 11) is 1.69. The highest BCUT2D eigenvalue weighted by atomic mass is 16.5. The summed E-state index contributed by atoms with van der Waals surface area (Å²) in [6, 6.07) is 15.4. The maximum absolute atomic E-state index is 12.4. The van der Waals surface area contributed by atoms with E-state index in [0.717, 1.165) is 34.3 Å². The molecule has 150 valence electrons. The van der Waals surface area contributed by atoms with E-state index in [2.05, 4.69) is 19.9 Å². The van der Waals surface area contributed by atoms with Crippen LogP contribution in [0.25, 0.3) is 21.9 Å². The van der Waals surface area contributed by atoms with Gasteiger partial charge in [-0.3, -0.25) is 4.79 Å². The maximum Gasteiger partial charge on any atom is 0.258 e. The number of rotatable bonds is 8. The normalized spacial score (nSPS) is 12.3. The number of hydrogen-bond donors (Lipinski definition) is 2. The number of nitrogens with zero attached hydrogens (tertiary/aromatic N) is 2. The first kappa shape index (κ1) is 19.0. The van der Waals surface area contributed by atoms with E-state index in [0.29, 0.717) is 12.4 Å². The van der Waals surface area contributed by atoms with Crippen LogP contribution in [0.3, 0.4) is 0 Å². The summed E-state index contributed by atoms with van der Waals surface area (Å²) in [5.74, 6) is 1.20. The van der Waals surface area contributed by atoms with Crippen LogP contribution in [0.4, 0.5) is 0 Å². The molecule has 7 nitrogen and oxygen atoms in total. The molecule has 7 heteroatoms. The molecule has 0 fully saturated rings. The van der Waals surface area contributed by atoms with E-state index >= 15 is 0 Å². The fraction of sp³-hybridized carbons (Fsp3) is 0.273. The quantitative estimate of drug-likeness (QED) is 0.481. The van der Waals surface area contributed by atoms with Crippen molar-refractivity contribution in [1.82, 2.24) is 19.9 Å². The van der Waals surface area contributed by atoms with Gasteiger partial charge >= 0.3 is 0 Å². The average Bonchev–Trinajstić information content (AvgIpc) is 3.35. The number of amides is 1. The lowest BCUT2D eigenvalue weighted by atomic mass is 10.2. The zero-order chi connectivity index (χ0) is 20.2. The smallest absolute Gasteiger partial charge is 0.258 e. The number of fused-ring (bicyclic) bond motifs is 2. The second-order valence-corrected chi connectivity index (χ2v) is 6.91. The Kier molecular flexibility index (Phi) is 5.48. The molecule has 0 aliphatic rings. The van der Waals surface area contributed by atoms with Crippen LogP contribution in [0.1, 0.15) is 18.8 Å². The highest BCUT2D eigenvalue weighted by Gasteiger charge is 2.15. The molecule has 4 rings (SSSR count). The lowest BCUT2D eigenvalue weighted by Crippen LogP contribution is -2.31. The number of carbonyl (C=O) groups is 1. The number of H-pyrrole nitrogens is 1. The van der Waals surface area contributed by atoms with Crippen molar-refractivity contribution in [2.45, 2.75) is 19.5 Å². The van der Waals surface area contributed by atoms with Gasteiger partial charge in [-0.1, -0.05) is 18.2 Å². The Bertz CT molecular complexity index is 1100. The Morgan fingerprint density at radius 2 is 2.07 bits per heavy atom. The third kappa shape index (κ3) is 4.09. The molecule has 2 aromatic heterocycles. The van der Waals surface area contributed by atoms with E-state index in [4.69, 9.17) is 9.47 Å². The molecule has 0 spiro atoms. The SMILES string of the molecule is COCCn1ccc2c(OCC(=O)N[C@H](C)c3nc4ccccc4[nH]3)cccc21. The second kappa shape index (κ2) is 8.36. The Morgan fingerprint density at radius 3 is 2.90 bits per heavy atom. The van der Waals surface area contributed by atoms with E-state index in [9.17, 15) is 4.79 Å². The minimum absolute atomic E-state index is 0.0626. The van der Waals surface area contributed by atoms with Gasteiger partial charge in [-0.05, 0) is 37.3 Å². The van der Waals surface area contributed by atoms with Crippen LogP contribution in [-0.4, -0.2) is 40.8 Å². The van der Waals surface area contributed by atoms with E-state index in [1.807, 2.05) is 61.7 Å². The fourth-order valence-electron chi connectivity index (χ4n) is 3.38. The third-order valence-electron chi connectivity index (χ3n) is 4.86. The molecule has 0 unspecified atom stereocenters. The fourth-order valence-corrected chi connectivity index (χ4v) is 3.38. The number of hydrogen-bond acceptors (Lipinski definition) is 4. The van der Waals surface area contributed by atoms with Crippen molar-refractivity contribution >= 4 is 27.8 Å². The van der Waals surface area contributed by atoms with Crippen molar-refractivity contribution < 1.29 is 14.3 Å². The number of para-hydroxylation sites is 2. The van der Waals surface area contributed by atoms with Gasteiger partial charge in [0, 0.05) is 25.2 Å². The molecule has 2 heterocycles. The van der Waals surface area contributed by atoms with Crippen molar-refractivity contribution in [3.05, 3.63) is 60.6 Å². The van der Waals surface area contributed by atoms with Crippen LogP contribution in [0.5, 0.6) is 5.75 Å². The van der Waals surface area contributed by atoms with Crippen LogP contribution in [0, 0.1) is 0 Å². The summed E-state index contributed by atoms with van der Waals surface area (Å²) >= 11 is 0. The number of methoxy groups -OCH3 is 1. The zero-order valence-electron chi connectivity index (χ0n) is 16.5. The molecule has 0 aliphatic carbocycles. The Morgan fingerprint density at radius 1 is 1.21 bits per heavy atom. The summed E-state index contributed by atoms with van der Waals surface area (Å²) in [6.45, 7) is 3.23. The summed E-state index contributed by atoms with van der Waals surface area (Å²) in [5.41, 5.74) is 2.88. The lowest BCUT2D eigenvalue weighted by Gasteiger charge is -2.13. The van der Waals surface area contributed by atoms with Gasteiger partial charge in [0.15, 0.2) is 6.61 Å². The number of aromatic nitrogens is 3. The minimum atomic E-state index is -0.246. The molecule has 0 radical (unpaired) electrons. The Labute approximate surface area is 168 Å². The number of nitrogens with one attached hydrogen (secondary N) is 2. The first-order valence-electron chi connectivity index (χ1n) is 9.59. The molecule has 0 saturated heterocycles. The molecule has 1 amide bonds. The van der Waals surface area contributed by atoms with Gasteiger partial charge in [0.1, 0.15) is 11.6 Å². The van der Waals surface area contributed by atoms with Gasteiger partial charge in [-0.25, -0.2) is 4.98 Å². The van der Waals surface area contributed by atoms with E-state index < -0.39 is 0 Å². The number of imidazole rings is 1. The molecular formula is C22H24N4O3. The first-order valence-corrected chi connectivity index (χ1v) is 9.59. The lowest BCUT2D eigenvalue weighted by molar-refractivity contribution is -0.123. The standard InChI is InChI=1S/C22H24N4O3/c1-15(22-24-17-6-3-4-7-18(17)25-22)23-21(27)14-29-20-9-5-8-19-16(20)10-11-26(19)12-13-28-2/h3-11,15H,12-14H2,1-2H3,(H,23,27)(H,24,25)/t15-/m1/s1. The highest BCUT2D eigenvalue weighted by molar-refractivity contribution is 5.87. The Hall–Kier alpha value is -3.32. The summed E-state index contributed by atoms with van der Waals surface area (Å²) < 4.78 is 13.1. The van der Waals surface area contributed by atoms with Crippen LogP contribution in [0.2, 0.25) is 0 Å². The van der Waals surface area contributed by atoms with Crippen molar-refractivity contribution in [2.24, 2.45) is 0 Å². The van der Waals surface area contributed by atoms with Crippen LogP contribution in [0.15, 0.2) is 54.7 Å². The highest BCUT2D eigenvalue weighted by Crippen LogP contribution is 2.26. The minimum Gasteiger partial charge on any atom is -0.483 e. The summed E-state index contributed by atoms with van der Waals surface area (Å²) in [4.78, 5) is 20.2. The summed E-state index contributed by atoms with van der Waals surface area (Å²) in [6.07, 6.45) is 2.00.